The van der Waals surface area contributed by atoms with Crippen LogP contribution in [0.5, 0.6) is 0 Å². The van der Waals surface area contributed by atoms with Crippen LogP contribution in [0.3, 0.4) is 0 Å². The fraction of sp³-hybridized carbons (Fsp3) is 0.348. The number of fused-ring (bicyclic) bond motifs is 1. The first kappa shape index (κ1) is 23.0. The standard InChI is InChI=1S/C23H29N3O4S/c1-4-30-14-8-13-24-23(27)22-16-19-15-20(31(28,29)25(2)3)11-12-21(19)26(22)17-18-9-6-5-7-10-18/h5-7,9-12,15-16H,4,8,13-14,17H2,1-3H3,(H,24,27). The molecule has 8 heteroatoms. The van der Waals surface area contributed by atoms with E-state index in [4.69, 9.17) is 4.74 Å². The molecule has 0 aliphatic heterocycles. The molecule has 0 aliphatic rings. The maximum absolute atomic E-state index is 12.9. The molecule has 1 aromatic heterocycles. The molecule has 0 fully saturated rings. The van der Waals surface area contributed by atoms with E-state index in [-0.39, 0.29) is 10.8 Å². The van der Waals surface area contributed by atoms with Gasteiger partial charge in [-0.3, -0.25) is 4.79 Å². The van der Waals surface area contributed by atoms with Crippen LogP contribution in [0.25, 0.3) is 10.9 Å². The third-order valence-corrected chi connectivity index (χ3v) is 6.83. The summed E-state index contributed by atoms with van der Waals surface area (Å²) in [5.74, 6) is -0.194. The fourth-order valence-electron chi connectivity index (χ4n) is 3.36. The number of benzene rings is 2. The summed E-state index contributed by atoms with van der Waals surface area (Å²) in [5.41, 5.74) is 2.35. The van der Waals surface area contributed by atoms with Crippen LogP contribution in [0.4, 0.5) is 0 Å². The Balaban J connectivity index is 1.97. The van der Waals surface area contributed by atoms with Crippen LogP contribution in [-0.2, 0) is 21.3 Å². The molecule has 0 aliphatic carbocycles. The number of carbonyl (C=O) groups excluding carboxylic acids is 1. The topological polar surface area (TPSA) is 80.6 Å². The molecule has 31 heavy (non-hydrogen) atoms. The quantitative estimate of drug-likeness (QED) is 0.488. The molecule has 1 amide bonds. The molecule has 0 spiro atoms. The molecule has 0 unspecified atom stereocenters. The molecule has 0 radical (unpaired) electrons. The van der Waals surface area contributed by atoms with Crippen molar-refractivity contribution in [1.82, 2.24) is 14.2 Å². The molecule has 3 rings (SSSR count). The van der Waals surface area contributed by atoms with Crippen molar-refractivity contribution in [2.24, 2.45) is 0 Å². The molecule has 0 atom stereocenters. The number of aromatic nitrogens is 1. The van der Waals surface area contributed by atoms with Gasteiger partial charge in [-0.1, -0.05) is 30.3 Å². The van der Waals surface area contributed by atoms with Gasteiger partial charge in [0.15, 0.2) is 0 Å². The predicted molar refractivity (Wildman–Crippen MR) is 122 cm³/mol. The summed E-state index contributed by atoms with van der Waals surface area (Å²) in [5, 5.41) is 3.65. The first-order chi connectivity index (χ1) is 14.8. The Morgan fingerprint density at radius 2 is 1.84 bits per heavy atom. The number of carbonyl (C=O) groups is 1. The third kappa shape index (κ3) is 5.33. The lowest BCUT2D eigenvalue weighted by Gasteiger charge is -2.13. The average Bonchev–Trinajstić information content (AvgIpc) is 3.12. The molecule has 0 bridgehead atoms. The first-order valence-electron chi connectivity index (χ1n) is 10.3. The van der Waals surface area contributed by atoms with Crippen molar-refractivity contribution < 1.29 is 17.9 Å². The Kier molecular flexibility index (Phi) is 7.48. The van der Waals surface area contributed by atoms with Gasteiger partial charge in [-0.2, -0.15) is 0 Å². The van der Waals surface area contributed by atoms with Crippen LogP contribution in [0.15, 0.2) is 59.5 Å². The van der Waals surface area contributed by atoms with E-state index in [1.54, 1.807) is 24.3 Å². The SMILES string of the molecule is CCOCCCNC(=O)c1cc2cc(S(=O)(=O)N(C)C)ccc2n1Cc1ccccc1. The van der Waals surface area contributed by atoms with Crippen LogP contribution in [0.1, 0.15) is 29.4 Å². The molecule has 3 aromatic rings. The fourth-order valence-corrected chi connectivity index (χ4v) is 4.29. The summed E-state index contributed by atoms with van der Waals surface area (Å²) >= 11 is 0. The average molecular weight is 444 g/mol. The summed E-state index contributed by atoms with van der Waals surface area (Å²) < 4.78 is 33.5. The van der Waals surface area contributed by atoms with E-state index in [0.717, 1.165) is 17.5 Å². The van der Waals surface area contributed by atoms with Gasteiger partial charge in [0.25, 0.3) is 5.91 Å². The minimum atomic E-state index is -3.56. The molecule has 7 nitrogen and oxygen atoms in total. The van der Waals surface area contributed by atoms with Crippen LogP contribution in [-0.4, -0.2) is 57.1 Å². The number of amides is 1. The number of nitrogens with one attached hydrogen (secondary N) is 1. The monoisotopic (exact) mass is 443 g/mol. The first-order valence-corrected chi connectivity index (χ1v) is 11.7. The van der Waals surface area contributed by atoms with Gasteiger partial charge < -0.3 is 14.6 Å². The molecule has 1 heterocycles. The molecule has 166 valence electrons. The van der Waals surface area contributed by atoms with Crippen LogP contribution >= 0.6 is 0 Å². The van der Waals surface area contributed by atoms with E-state index < -0.39 is 10.0 Å². The van der Waals surface area contributed by atoms with Crippen molar-refractivity contribution in [3.8, 4) is 0 Å². The highest BCUT2D eigenvalue weighted by molar-refractivity contribution is 7.89. The molecular weight excluding hydrogens is 414 g/mol. The summed E-state index contributed by atoms with van der Waals surface area (Å²) in [6.45, 7) is 4.19. The predicted octanol–water partition coefficient (Wildman–Crippen LogP) is 3.10. The summed E-state index contributed by atoms with van der Waals surface area (Å²) in [6.07, 6.45) is 0.726. The van der Waals surface area contributed by atoms with E-state index in [0.29, 0.717) is 37.4 Å². The molecule has 1 N–H and O–H groups in total. The van der Waals surface area contributed by atoms with E-state index in [9.17, 15) is 13.2 Å². The van der Waals surface area contributed by atoms with Crippen molar-refractivity contribution >= 4 is 26.8 Å². The van der Waals surface area contributed by atoms with Gasteiger partial charge in [0.2, 0.25) is 10.0 Å². The van der Waals surface area contributed by atoms with Gasteiger partial charge in [-0.05, 0) is 43.2 Å². The zero-order valence-corrected chi connectivity index (χ0v) is 19.0. The van der Waals surface area contributed by atoms with Crippen molar-refractivity contribution in [1.29, 1.82) is 0 Å². The Bertz CT molecular complexity index is 1140. The molecule has 2 aromatic carbocycles. The second kappa shape index (κ2) is 10.1. The molecular formula is C23H29N3O4S. The lowest BCUT2D eigenvalue weighted by molar-refractivity contribution is 0.0936. The van der Waals surface area contributed by atoms with Crippen LogP contribution in [0.2, 0.25) is 0 Å². The molecule has 0 saturated heterocycles. The van der Waals surface area contributed by atoms with Gasteiger partial charge in [0.1, 0.15) is 5.69 Å². The Labute approximate surface area is 183 Å². The number of hydrogen-bond donors (Lipinski definition) is 1. The Morgan fingerprint density at radius 1 is 1.10 bits per heavy atom. The third-order valence-electron chi connectivity index (χ3n) is 5.02. The normalized spacial score (nSPS) is 11.9. The second-order valence-corrected chi connectivity index (χ2v) is 9.57. The second-order valence-electron chi connectivity index (χ2n) is 7.42. The number of ether oxygens (including phenoxy) is 1. The van der Waals surface area contributed by atoms with Crippen LogP contribution < -0.4 is 5.32 Å². The van der Waals surface area contributed by atoms with E-state index in [1.165, 1.54) is 18.4 Å². The van der Waals surface area contributed by atoms with Crippen molar-refractivity contribution in [3.05, 3.63) is 65.9 Å². The number of rotatable bonds is 10. The van der Waals surface area contributed by atoms with E-state index >= 15 is 0 Å². The van der Waals surface area contributed by atoms with Gasteiger partial charge in [-0.15, -0.1) is 0 Å². The van der Waals surface area contributed by atoms with E-state index in [1.807, 2.05) is 41.8 Å². The zero-order valence-electron chi connectivity index (χ0n) is 18.2. The maximum atomic E-state index is 12.9. The molecule has 0 saturated carbocycles. The summed E-state index contributed by atoms with van der Waals surface area (Å²) in [7, 11) is -0.562. The summed E-state index contributed by atoms with van der Waals surface area (Å²) in [6, 6.07) is 16.6. The van der Waals surface area contributed by atoms with Crippen molar-refractivity contribution in [2.45, 2.75) is 24.8 Å². The highest BCUT2D eigenvalue weighted by Gasteiger charge is 2.21. The number of hydrogen-bond acceptors (Lipinski definition) is 4. The van der Waals surface area contributed by atoms with Gasteiger partial charge in [0.05, 0.1) is 4.90 Å². The van der Waals surface area contributed by atoms with Crippen LogP contribution in [0, 0.1) is 0 Å². The summed E-state index contributed by atoms with van der Waals surface area (Å²) in [4.78, 5) is 13.1. The van der Waals surface area contributed by atoms with Gasteiger partial charge in [-0.25, -0.2) is 12.7 Å². The Hall–Kier alpha value is -2.68. The largest absolute Gasteiger partial charge is 0.382 e. The highest BCUT2D eigenvalue weighted by atomic mass is 32.2. The number of nitrogens with zero attached hydrogens (tertiary/aromatic N) is 2. The van der Waals surface area contributed by atoms with Crippen molar-refractivity contribution in [3.63, 3.8) is 0 Å². The van der Waals surface area contributed by atoms with Crippen molar-refractivity contribution in [2.75, 3.05) is 33.9 Å². The maximum Gasteiger partial charge on any atom is 0.267 e. The smallest absolute Gasteiger partial charge is 0.267 e. The highest BCUT2D eigenvalue weighted by Crippen LogP contribution is 2.25. The lowest BCUT2D eigenvalue weighted by Crippen LogP contribution is -2.27. The van der Waals surface area contributed by atoms with Gasteiger partial charge in [0, 0.05) is 51.3 Å². The minimum absolute atomic E-state index is 0.194. The number of sulfonamides is 1. The minimum Gasteiger partial charge on any atom is -0.382 e. The zero-order chi connectivity index (χ0) is 22.4. The Morgan fingerprint density at radius 3 is 2.52 bits per heavy atom. The van der Waals surface area contributed by atoms with Gasteiger partial charge >= 0.3 is 0 Å². The lowest BCUT2D eigenvalue weighted by atomic mass is 10.2. The van der Waals surface area contributed by atoms with E-state index in [2.05, 4.69) is 5.32 Å².